The van der Waals surface area contributed by atoms with Gasteiger partial charge < -0.3 is 20.6 Å². The van der Waals surface area contributed by atoms with Crippen LogP contribution in [0.15, 0.2) is 12.2 Å². The molecule has 352 valence electrons. The molecule has 0 fully saturated rings. The molecule has 5 heteroatoms. The number of allylic oxidation sites excluding steroid dienone is 2. The number of unbranched alkanes of at least 4 members (excludes halogenated alkanes) is 40. The van der Waals surface area contributed by atoms with Crippen molar-refractivity contribution in [2.75, 3.05) is 6.61 Å². The van der Waals surface area contributed by atoms with E-state index in [1.165, 1.54) is 244 Å². The minimum absolute atomic E-state index is 0.144. The fraction of sp³-hybridized carbons (Fsp3) is 0.944. The third-order valence-corrected chi connectivity index (χ3v) is 12.9. The standard InChI is InChI=1S/C54H107NO4/c1-3-5-7-9-11-13-15-17-19-21-23-25-27-29-31-33-35-37-39-41-43-45-47-49-53(58)55-51(50-56)54(59)52(57)48-46-44-42-40-38-36-34-32-30-28-26-24-22-20-18-16-14-12-10-8-6-4-2/h29,31,51-52,54,56-57,59H,3-28,30,32-50H2,1-2H3,(H,55,58)/b31-29-. The van der Waals surface area contributed by atoms with Crippen molar-refractivity contribution in [2.45, 2.75) is 321 Å². The molecule has 3 atom stereocenters. The molecule has 0 bridgehead atoms. The predicted octanol–water partition coefficient (Wildman–Crippen LogP) is 16.3. The first kappa shape index (κ1) is 58.1. The van der Waals surface area contributed by atoms with Crippen LogP contribution in [0, 0.1) is 0 Å². The van der Waals surface area contributed by atoms with Gasteiger partial charge in [-0.05, 0) is 38.5 Å². The van der Waals surface area contributed by atoms with Crippen LogP contribution >= 0.6 is 0 Å². The van der Waals surface area contributed by atoms with Crippen LogP contribution in [-0.2, 0) is 4.79 Å². The summed E-state index contributed by atoms with van der Waals surface area (Å²) in [6.07, 6.45) is 60.6. The van der Waals surface area contributed by atoms with Crippen molar-refractivity contribution in [1.82, 2.24) is 5.32 Å². The van der Waals surface area contributed by atoms with Crippen molar-refractivity contribution >= 4 is 5.91 Å². The van der Waals surface area contributed by atoms with Gasteiger partial charge in [0.1, 0.15) is 6.10 Å². The van der Waals surface area contributed by atoms with Crippen molar-refractivity contribution < 1.29 is 20.1 Å². The Balaban J connectivity index is 3.54. The van der Waals surface area contributed by atoms with E-state index in [1.807, 2.05) is 0 Å². The van der Waals surface area contributed by atoms with Gasteiger partial charge in [-0.25, -0.2) is 0 Å². The molecule has 0 aliphatic carbocycles. The molecule has 0 aromatic carbocycles. The average molecular weight is 834 g/mol. The van der Waals surface area contributed by atoms with E-state index in [-0.39, 0.29) is 12.5 Å². The van der Waals surface area contributed by atoms with Gasteiger partial charge in [-0.15, -0.1) is 0 Å². The van der Waals surface area contributed by atoms with Crippen LogP contribution in [0.1, 0.15) is 303 Å². The number of rotatable bonds is 50. The van der Waals surface area contributed by atoms with E-state index in [1.54, 1.807) is 0 Å². The van der Waals surface area contributed by atoms with Crippen molar-refractivity contribution in [3.8, 4) is 0 Å². The minimum atomic E-state index is -1.14. The van der Waals surface area contributed by atoms with Gasteiger partial charge in [0.25, 0.3) is 0 Å². The summed E-state index contributed by atoms with van der Waals surface area (Å²) in [6.45, 7) is 4.22. The zero-order chi connectivity index (χ0) is 43.0. The van der Waals surface area contributed by atoms with E-state index in [9.17, 15) is 20.1 Å². The Morgan fingerprint density at radius 2 is 0.678 bits per heavy atom. The van der Waals surface area contributed by atoms with E-state index in [0.29, 0.717) is 12.8 Å². The van der Waals surface area contributed by atoms with Crippen molar-refractivity contribution in [1.29, 1.82) is 0 Å². The molecule has 0 radical (unpaired) electrons. The molecular formula is C54H107NO4. The molecule has 1 amide bonds. The second-order valence-electron chi connectivity index (χ2n) is 18.8. The Kier molecular flexibility index (Phi) is 49.0. The summed E-state index contributed by atoms with van der Waals surface area (Å²) in [5.74, 6) is -0.144. The molecule has 0 aromatic rings. The van der Waals surface area contributed by atoms with Gasteiger partial charge in [0.05, 0.1) is 18.8 Å². The maximum Gasteiger partial charge on any atom is 0.220 e. The zero-order valence-corrected chi connectivity index (χ0v) is 40.2. The minimum Gasteiger partial charge on any atom is -0.394 e. The van der Waals surface area contributed by atoms with Gasteiger partial charge in [0, 0.05) is 6.42 Å². The van der Waals surface area contributed by atoms with Gasteiger partial charge in [-0.2, -0.15) is 0 Å². The lowest BCUT2D eigenvalue weighted by Gasteiger charge is -2.26. The summed E-state index contributed by atoms with van der Waals surface area (Å²) in [5.41, 5.74) is 0. The Labute approximate surface area is 369 Å². The fourth-order valence-electron chi connectivity index (χ4n) is 8.69. The molecule has 59 heavy (non-hydrogen) atoms. The highest BCUT2D eigenvalue weighted by Crippen LogP contribution is 2.18. The molecule has 4 N–H and O–H groups in total. The lowest BCUT2D eigenvalue weighted by atomic mass is 9.99. The zero-order valence-electron chi connectivity index (χ0n) is 40.2. The van der Waals surface area contributed by atoms with Gasteiger partial charge in [0.15, 0.2) is 0 Å². The first-order valence-corrected chi connectivity index (χ1v) is 27.0. The molecule has 0 spiro atoms. The maximum absolute atomic E-state index is 12.5. The largest absolute Gasteiger partial charge is 0.394 e. The Morgan fingerprint density at radius 1 is 0.407 bits per heavy atom. The Hall–Kier alpha value is -0.910. The van der Waals surface area contributed by atoms with Gasteiger partial charge >= 0.3 is 0 Å². The van der Waals surface area contributed by atoms with Crippen LogP contribution in [0.25, 0.3) is 0 Å². The Bertz CT molecular complexity index is 833. The normalized spacial score (nSPS) is 13.4. The molecule has 0 aliphatic heterocycles. The van der Waals surface area contributed by atoms with Crippen LogP contribution in [-0.4, -0.2) is 46.1 Å². The summed E-state index contributed by atoms with van der Waals surface area (Å²) >= 11 is 0. The van der Waals surface area contributed by atoms with Crippen molar-refractivity contribution in [3.63, 3.8) is 0 Å². The third-order valence-electron chi connectivity index (χ3n) is 12.9. The van der Waals surface area contributed by atoms with E-state index >= 15 is 0 Å². The molecule has 5 nitrogen and oxygen atoms in total. The highest BCUT2D eigenvalue weighted by Gasteiger charge is 2.26. The van der Waals surface area contributed by atoms with Crippen LogP contribution < -0.4 is 5.32 Å². The molecule has 0 rings (SSSR count). The number of amides is 1. The molecular weight excluding hydrogens is 727 g/mol. The van der Waals surface area contributed by atoms with Crippen LogP contribution in [0.4, 0.5) is 0 Å². The van der Waals surface area contributed by atoms with Crippen LogP contribution in [0.5, 0.6) is 0 Å². The smallest absolute Gasteiger partial charge is 0.220 e. The summed E-state index contributed by atoms with van der Waals surface area (Å²) in [7, 11) is 0. The van der Waals surface area contributed by atoms with E-state index in [0.717, 1.165) is 32.1 Å². The number of carbonyl (C=O) groups excluding carboxylic acids is 1. The SMILES string of the molecule is CCCCCCCCCCCCCC/C=C\CCCCCCCCCC(=O)NC(CO)C(O)C(O)CCCCCCCCCCCCCCCCCCCCCCCC. The average Bonchev–Trinajstić information content (AvgIpc) is 3.24. The Morgan fingerprint density at radius 3 is 0.983 bits per heavy atom. The summed E-state index contributed by atoms with van der Waals surface area (Å²) in [4.78, 5) is 12.5. The number of nitrogens with one attached hydrogen (secondary N) is 1. The highest BCUT2D eigenvalue weighted by atomic mass is 16.3. The third kappa shape index (κ3) is 44.9. The topological polar surface area (TPSA) is 89.8 Å². The second kappa shape index (κ2) is 49.7. The molecule has 0 aliphatic rings. The fourth-order valence-corrected chi connectivity index (χ4v) is 8.69. The molecule has 0 saturated carbocycles. The van der Waals surface area contributed by atoms with Gasteiger partial charge in [-0.3, -0.25) is 4.79 Å². The number of aliphatic hydroxyl groups is 3. The quantitative estimate of drug-likeness (QED) is 0.0363. The summed E-state index contributed by atoms with van der Waals surface area (Å²) < 4.78 is 0. The molecule has 0 saturated heterocycles. The predicted molar refractivity (Wildman–Crippen MR) is 259 cm³/mol. The lowest BCUT2D eigenvalue weighted by Crippen LogP contribution is -2.50. The lowest BCUT2D eigenvalue weighted by molar-refractivity contribution is -0.124. The summed E-state index contributed by atoms with van der Waals surface area (Å²) in [6, 6.07) is -0.809. The first-order chi connectivity index (χ1) is 29.1. The molecule has 0 aromatic heterocycles. The number of aliphatic hydroxyl groups excluding tert-OH is 3. The number of carbonyl (C=O) groups is 1. The molecule has 3 unspecified atom stereocenters. The van der Waals surface area contributed by atoms with E-state index in [2.05, 4.69) is 31.3 Å². The van der Waals surface area contributed by atoms with Crippen LogP contribution in [0.2, 0.25) is 0 Å². The van der Waals surface area contributed by atoms with Gasteiger partial charge in [0.2, 0.25) is 5.91 Å². The number of hydrogen-bond acceptors (Lipinski definition) is 4. The van der Waals surface area contributed by atoms with E-state index in [4.69, 9.17) is 0 Å². The number of hydrogen-bond donors (Lipinski definition) is 4. The van der Waals surface area contributed by atoms with Crippen molar-refractivity contribution in [3.05, 3.63) is 12.2 Å². The first-order valence-electron chi connectivity index (χ1n) is 27.0. The molecule has 0 heterocycles. The summed E-state index contributed by atoms with van der Waals surface area (Å²) in [5, 5.41) is 33.8. The highest BCUT2D eigenvalue weighted by molar-refractivity contribution is 5.76. The van der Waals surface area contributed by atoms with Crippen LogP contribution in [0.3, 0.4) is 0 Å². The maximum atomic E-state index is 12.5. The van der Waals surface area contributed by atoms with E-state index < -0.39 is 18.2 Å². The van der Waals surface area contributed by atoms with Gasteiger partial charge in [-0.1, -0.05) is 270 Å². The monoisotopic (exact) mass is 834 g/mol. The van der Waals surface area contributed by atoms with Crippen molar-refractivity contribution in [2.24, 2.45) is 0 Å². The second-order valence-corrected chi connectivity index (χ2v) is 18.8.